The van der Waals surface area contributed by atoms with E-state index in [9.17, 15) is 9.59 Å². The Morgan fingerprint density at radius 1 is 1.56 bits per heavy atom. The molecule has 1 aromatic heterocycles. The number of ether oxygens (including phenoxy) is 1. The van der Waals surface area contributed by atoms with Gasteiger partial charge >= 0.3 is 5.97 Å². The number of amides is 1. The molecule has 1 unspecified atom stereocenters. The van der Waals surface area contributed by atoms with Crippen LogP contribution in [0.5, 0.6) is 0 Å². The smallest absolute Gasteiger partial charge is 0.328 e. The van der Waals surface area contributed by atoms with Gasteiger partial charge in [-0.25, -0.2) is 4.79 Å². The van der Waals surface area contributed by atoms with Crippen molar-refractivity contribution < 1.29 is 23.8 Å². The second kappa shape index (κ2) is 6.20. The number of rotatable bonds is 6. The molecule has 1 heterocycles. The van der Waals surface area contributed by atoms with Crippen LogP contribution in [0.3, 0.4) is 0 Å². The standard InChI is InChI=1S/C12H17NO5/c1-4-9-7(2)5-10(18-9)11(14)13-8(6-17-3)12(15)16/h5,8H,4,6H2,1-3H3,(H,13,14)(H,15,16). The van der Waals surface area contributed by atoms with Gasteiger partial charge in [-0.3, -0.25) is 4.79 Å². The van der Waals surface area contributed by atoms with Gasteiger partial charge in [0.1, 0.15) is 5.76 Å². The molecule has 0 bridgehead atoms. The topological polar surface area (TPSA) is 88.8 Å². The highest BCUT2D eigenvalue weighted by molar-refractivity contribution is 5.94. The van der Waals surface area contributed by atoms with Gasteiger partial charge in [0.05, 0.1) is 6.61 Å². The maximum Gasteiger partial charge on any atom is 0.328 e. The Morgan fingerprint density at radius 3 is 2.67 bits per heavy atom. The number of methoxy groups -OCH3 is 1. The van der Waals surface area contributed by atoms with Crippen LogP contribution < -0.4 is 5.32 Å². The average Bonchev–Trinajstić information content (AvgIpc) is 2.69. The molecule has 1 atom stereocenters. The van der Waals surface area contributed by atoms with E-state index in [0.29, 0.717) is 6.42 Å². The van der Waals surface area contributed by atoms with E-state index in [-0.39, 0.29) is 12.4 Å². The molecule has 6 nitrogen and oxygen atoms in total. The molecule has 2 N–H and O–H groups in total. The molecule has 0 saturated carbocycles. The molecule has 1 rings (SSSR count). The predicted octanol–water partition coefficient (Wildman–Crippen LogP) is 0.980. The summed E-state index contributed by atoms with van der Waals surface area (Å²) in [7, 11) is 1.37. The Bertz CT molecular complexity index is 438. The molecule has 6 heteroatoms. The molecule has 0 aromatic carbocycles. The molecule has 0 radical (unpaired) electrons. The molecule has 1 amide bonds. The van der Waals surface area contributed by atoms with E-state index in [2.05, 4.69) is 5.32 Å². The van der Waals surface area contributed by atoms with Crippen LogP contribution >= 0.6 is 0 Å². The number of aryl methyl sites for hydroxylation is 2. The Hall–Kier alpha value is -1.82. The average molecular weight is 255 g/mol. The van der Waals surface area contributed by atoms with E-state index in [0.717, 1.165) is 11.3 Å². The predicted molar refractivity (Wildman–Crippen MR) is 63.6 cm³/mol. The van der Waals surface area contributed by atoms with Gasteiger partial charge in [-0.05, 0) is 18.6 Å². The van der Waals surface area contributed by atoms with E-state index >= 15 is 0 Å². The lowest BCUT2D eigenvalue weighted by molar-refractivity contribution is -0.140. The lowest BCUT2D eigenvalue weighted by Gasteiger charge is -2.12. The largest absolute Gasteiger partial charge is 0.480 e. The molecule has 100 valence electrons. The molecule has 0 spiro atoms. The number of carboxylic acid groups (broad SMARTS) is 1. The van der Waals surface area contributed by atoms with Gasteiger partial charge in [-0.1, -0.05) is 6.92 Å². The highest BCUT2D eigenvalue weighted by Gasteiger charge is 2.22. The zero-order chi connectivity index (χ0) is 13.7. The molecule has 18 heavy (non-hydrogen) atoms. The maximum absolute atomic E-state index is 11.8. The fourth-order valence-corrected chi connectivity index (χ4v) is 1.55. The maximum atomic E-state index is 11.8. The number of aliphatic carboxylic acids is 1. The Morgan fingerprint density at radius 2 is 2.22 bits per heavy atom. The monoisotopic (exact) mass is 255 g/mol. The van der Waals surface area contributed by atoms with E-state index in [4.69, 9.17) is 14.3 Å². The summed E-state index contributed by atoms with van der Waals surface area (Å²) in [6.45, 7) is 3.66. The summed E-state index contributed by atoms with van der Waals surface area (Å²) in [5.74, 6) is -0.864. The molecular weight excluding hydrogens is 238 g/mol. The summed E-state index contributed by atoms with van der Waals surface area (Å²) in [6.07, 6.45) is 0.680. The summed E-state index contributed by atoms with van der Waals surface area (Å²) in [6, 6.07) is 0.512. The highest BCUT2D eigenvalue weighted by atomic mass is 16.5. The highest BCUT2D eigenvalue weighted by Crippen LogP contribution is 2.15. The minimum Gasteiger partial charge on any atom is -0.480 e. The van der Waals surface area contributed by atoms with E-state index in [1.54, 1.807) is 6.07 Å². The molecule has 0 aliphatic rings. The third-order valence-corrected chi connectivity index (χ3v) is 2.50. The minimum atomic E-state index is -1.15. The number of carbonyl (C=O) groups excluding carboxylic acids is 1. The number of nitrogens with one attached hydrogen (secondary N) is 1. The zero-order valence-electron chi connectivity index (χ0n) is 10.6. The van der Waals surface area contributed by atoms with Crippen LogP contribution in [0.2, 0.25) is 0 Å². The summed E-state index contributed by atoms with van der Waals surface area (Å²) < 4.78 is 10.1. The van der Waals surface area contributed by atoms with Crippen molar-refractivity contribution in [2.45, 2.75) is 26.3 Å². The van der Waals surface area contributed by atoms with Gasteiger partial charge < -0.3 is 19.6 Å². The van der Waals surface area contributed by atoms with Gasteiger partial charge in [-0.15, -0.1) is 0 Å². The lowest BCUT2D eigenvalue weighted by Crippen LogP contribution is -2.43. The Kier molecular flexibility index (Phi) is 4.91. The summed E-state index contributed by atoms with van der Waals surface area (Å²) in [4.78, 5) is 22.7. The van der Waals surface area contributed by atoms with Gasteiger partial charge in [0, 0.05) is 13.5 Å². The van der Waals surface area contributed by atoms with Crippen LogP contribution in [-0.2, 0) is 16.0 Å². The zero-order valence-corrected chi connectivity index (χ0v) is 10.6. The van der Waals surface area contributed by atoms with Crippen molar-refractivity contribution in [2.75, 3.05) is 13.7 Å². The van der Waals surface area contributed by atoms with Crippen LogP contribution in [-0.4, -0.2) is 36.7 Å². The fourth-order valence-electron chi connectivity index (χ4n) is 1.55. The normalized spacial score (nSPS) is 12.2. The first-order chi connectivity index (χ1) is 8.49. The first-order valence-electron chi connectivity index (χ1n) is 5.61. The van der Waals surface area contributed by atoms with Gasteiger partial charge in [0.2, 0.25) is 0 Å². The van der Waals surface area contributed by atoms with Gasteiger partial charge in [0.15, 0.2) is 11.8 Å². The SMILES string of the molecule is CCc1oc(C(=O)NC(COC)C(=O)O)cc1C. The van der Waals surface area contributed by atoms with Crippen molar-refractivity contribution in [3.8, 4) is 0 Å². The van der Waals surface area contributed by atoms with Crippen LogP contribution in [0.1, 0.15) is 28.8 Å². The third-order valence-electron chi connectivity index (χ3n) is 2.50. The second-order valence-corrected chi connectivity index (χ2v) is 3.89. The summed E-state index contributed by atoms with van der Waals surface area (Å²) in [5.41, 5.74) is 0.876. The van der Waals surface area contributed by atoms with Crippen LogP contribution in [0.4, 0.5) is 0 Å². The van der Waals surface area contributed by atoms with Crippen molar-refractivity contribution in [1.82, 2.24) is 5.32 Å². The molecule has 0 saturated heterocycles. The van der Waals surface area contributed by atoms with Crippen LogP contribution in [0, 0.1) is 6.92 Å². The second-order valence-electron chi connectivity index (χ2n) is 3.89. The van der Waals surface area contributed by atoms with Crippen molar-refractivity contribution in [1.29, 1.82) is 0 Å². The molecule has 0 fully saturated rings. The van der Waals surface area contributed by atoms with E-state index in [1.165, 1.54) is 7.11 Å². The van der Waals surface area contributed by atoms with Crippen LogP contribution in [0.15, 0.2) is 10.5 Å². The van der Waals surface area contributed by atoms with Crippen molar-refractivity contribution >= 4 is 11.9 Å². The van der Waals surface area contributed by atoms with Crippen molar-refractivity contribution in [3.63, 3.8) is 0 Å². The fraction of sp³-hybridized carbons (Fsp3) is 0.500. The van der Waals surface area contributed by atoms with Crippen molar-refractivity contribution in [3.05, 3.63) is 23.2 Å². The molecular formula is C12H17NO5. The van der Waals surface area contributed by atoms with Gasteiger partial charge in [0.25, 0.3) is 5.91 Å². The first kappa shape index (κ1) is 14.2. The number of hydrogen-bond acceptors (Lipinski definition) is 4. The number of hydrogen-bond donors (Lipinski definition) is 2. The molecule has 0 aliphatic heterocycles. The number of carboxylic acids is 1. The number of carbonyl (C=O) groups is 2. The quantitative estimate of drug-likeness (QED) is 0.791. The van der Waals surface area contributed by atoms with Crippen LogP contribution in [0.25, 0.3) is 0 Å². The Balaban J connectivity index is 2.77. The Labute approximate surface area is 105 Å². The molecule has 0 aliphatic carbocycles. The summed E-state index contributed by atoms with van der Waals surface area (Å²) >= 11 is 0. The van der Waals surface area contributed by atoms with E-state index < -0.39 is 17.9 Å². The van der Waals surface area contributed by atoms with E-state index in [1.807, 2.05) is 13.8 Å². The third kappa shape index (κ3) is 3.33. The first-order valence-corrected chi connectivity index (χ1v) is 5.61. The lowest BCUT2D eigenvalue weighted by atomic mass is 10.2. The summed E-state index contributed by atoms with van der Waals surface area (Å²) in [5, 5.41) is 11.2. The molecule has 1 aromatic rings. The van der Waals surface area contributed by atoms with Crippen molar-refractivity contribution in [2.24, 2.45) is 0 Å². The number of furan rings is 1. The van der Waals surface area contributed by atoms with Gasteiger partial charge in [-0.2, -0.15) is 0 Å². The minimum absolute atomic E-state index is 0.0958.